The molecule has 0 saturated heterocycles. The Balaban J connectivity index is 1.51. The van der Waals surface area contributed by atoms with Crippen molar-refractivity contribution in [1.29, 1.82) is 0 Å². The molecule has 0 aliphatic heterocycles. The maximum Gasteiger partial charge on any atom is 0.279 e. The van der Waals surface area contributed by atoms with Gasteiger partial charge in [0, 0.05) is 0 Å². The number of rotatable bonds is 7. The molecule has 0 radical (unpaired) electrons. The number of amides is 2. The highest BCUT2D eigenvalue weighted by atomic mass is 16.5. The summed E-state index contributed by atoms with van der Waals surface area (Å²) in [5.41, 5.74) is 4.71. The van der Waals surface area contributed by atoms with Crippen LogP contribution >= 0.6 is 0 Å². The van der Waals surface area contributed by atoms with E-state index in [0.29, 0.717) is 17.2 Å². The molecule has 0 aromatic heterocycles. The first kappa shape index (κ1) is 21.0. The van der Waals surface area contributed by atoms with Crippen molar-refractivity contribution in [2.75, 3.05) is 7.11 Å². The van der Waals surface area contributed by atoms with E-state index in [4.69, 9.17) is 14.2 Å². The molecule has 0 spiro atoms. The summed E-state index contributed by atoms with van der Waals surface area (Å²) in [6.07, 6.45) is -1.66. The normalized spacial score (nSPS) is 12.5. The molecule has 3 rings (SSSR count). The standard InChI is InChI=1S/C23H24N2O5/c1-15(29-19-13-12-17-8-4-5-9-18(17)14-19)22(26)24-25-23(27)16(2)30-21-11-7-6-10-20(21)28-3/h4-16H,1-3H3,(H,24,26)(H,25,27)/t15-,16+/m0/s1. The van der Waals surface area contributed by atoms with E-state index >= 15 is 0 Å². The molecule has 30 heavy (non-hydrogen) atoms. The topological polar surface area (TPSA) is 85.9 Å². The highest BCUT2D eigenvalue weighted by Crippen LogP contribution is 2.26. The van der Waals surface area contributed by atoms with Crippen LogP contribution in [-0.4, -0.2) is 31.1 Å². The van der Waals surface area contributed by atoms with Gasteiger partial charge in [0.05, 0.1) is 7.11 Å². The lowest BCUT2D eigenvalue weighted by molar-refractivity contribution is -0.135. The first-order valence-electron chi connectivity index (χ1n) is 9.53. The lowest BCUT2D eigenvalue weighted by Crippen LogP contribution is -2.50. The maximum absolute atomic E-state index is 12.3. The van der Waals surface area contributed by atoms with E-state index in [1.807, 2.05) is 36.4 Å². The van der Waals surface area contributed by atoms with E-state index in [2.05, 4.69) is 10.9 Å². The Morgan fingerprint density at radius 2 is 1.30 bits per heavy atom. The predicted molar refractivity (Wildman–Crippen MR) is 113 cm³/mol. The first-order chi connectivity index (χ1) is 14.5. The van der Waals surface area contributed by atoms with Crippen LogP contribution in [0.2, 0.25) is 0 Å². The fourth-order valence-electron chi connectivity index (χ4n) is 2.78. The van der Waals surface area contributed by atoms with Gasteiger partial charge in [0.25, 0.3) is 11.8 Å². The molecule has 2 N–H and O–H groups in total. The number of fused-ring (bicyclic) bond motifs is 1. The fourth-order valence-corrected chi connectivity index (χ4v) is 2.78. The summed E-state index contributed by atoms with van der Waals surface area (Å²) in [5.74, 6) is 0.518. The fraction of sp³-hybridized carbons (Fsp3) is 0.217. The van der Waals surface area contributed by atoms with Crippen molar-refractivity contribution >= 4 is 22.6 Å². The number of carbonyl (C=O) groups excluding carboxylic acids is 2. The molecule has 2 amide bonds. The van der Waals surface area contributed by atoms with Crippen molar-refractivity contribution in [3.8, 4) is 17.2 Å². The van der Waals surface area contributed by atoms with Gasteiger partial charge >= 0.3 is 0 Å². The Labute approximate surface area is 174 Å². The molecule has 7 heteroatoms. The van der Waals surface area contributed by atoms with Gasteiger partial charge in [0.15, 0.2) is 23.7 Å². The molecular formula is C23H24N2O5. The molecule has 0 heterocycles. The first-order valence-corrected chi connectivity index (χ1v) is 9.53. The molecule has 0 bridgehead atoms. The maximum atomic E-state index is 12.3. The molecule has 0 fully saturated rings. The summed E-state index contributed by atoms with van der Waals surface area (Å²) in [4.78, 5) is 24.5. The smallest absolute Gasteiger partial charge is 0.279 e. The zero-order valence-electron chi connectivity index (χ0n) is 17.0. The number of para-hydroxylation sites is 2. The summed E-state index contributed by atoms with van der Waals surface area (Å²) in [6.45, 7) is 3.17. The third-order valence-electron chi connectivity index (χ3n) is 4.45. The molecule has 2 atom stereocenters. The molecule has 3 aromatic rings. The minimum Gasteiger partial charge on any atom is -0.493 e. The average molecular weight is 408 g/mol. The Hall–Kier alpha value is -3.74. The van der Waals surface area contributed by atoms with Gasteiger partial charge in [0.2, 0.25) is 0 Å². The zero-order chi connectivity index (χ0) is 21.5. The number of carbonyl (C=O) groups is 2. The van der Waals surface area contributed by atoms with Crippen LogP contribution in [0.1, 0.15) is 13.8 Å². The number of benzene rings is 3. The Kier molecular flexibility index (Phi) is 6.75. The molecular weight excluding hydrogens is 384 g/mol. The molecule has 0 aliphatic rings. The second-order valence-corrected chi connectivity index (χ2v) is 6.66. The van der Waals surface area contributed by atoms with Crippen LogP contribution in [0, 0.1) is 0 Å². The van der Waals surface area contributed by atoms with E-state index in [1.165, 1.54) is 7.11 Å². The van der Waals surface area contributed by atoms with Crippen molar-refractivity contribution in [3.63, 3.8) is 0 Å². The van der Waals surface area contributed by atoms with Crippen LogP contribution in [0.4, 0.5) is 0 Å². The van der Waals surface area contributed by atoms with Gasteiger partial charge < -0.3 is 14.2 Å². The van der Waals surface area contributed by atoms with Crippen molar-refractivity contribution in [1.82, 2.24) is 10.9 Å². The minimum absolute atomic E-state index is 0.432. The van der Waals surface area contributed by atoms with Crippen LogP contribution in [0.25, 0.3) is 10.8 Å². The van der Waals surface area contributed by atoms with E-state index in [1.54, 1.807) is 44.2 Å². The number of nitrogens with one attached hydrogen (secondary N) is 2. The number of hydrogen-bond acceptors (Lipinski definition) is 5. The second kappa shape index (κ2) is 9.65. The lowest BCUT2D eigenvalue weighted by Gasteiger charge is -2.18. The summed E-state index contributed by atoms with van der Waals surface area (Å²) < 4.78 is 16.5. The van der Waals surface area contributed by atoms with Gasteiger partial charge in [-0.1, -0.05) is 42.5 Å². The van der Waals surface area contributed by atoms with Gasteiger partial charge in [-0.2, -0.15) is 0 Å². The Morgan fingerprint density at radius 3 is 1.97 bits per heavy atom. The van der Waals surface area contributed by atoms with Gasteiger partial charge in [-0.25, -0.2) is 0 Å². The highest BCUT2D eigenvalue weighted by molar-refractivity contribution is 5.87. The number of hydrazine groups is 1. The van der Waals surface area contributed by atoms with Crippen LogP contribution in [0.3, 0.4) is 0 Å². The summed E-state index contributed by atoms with van der Waals surface area (Å²) in [7, 11) is 1.52. The van der Waals surface area contributed by atoms with E-state index in [9.17, 15) is 9.59 Å². The number of hydrogen-bond donors (Lipinski definition) is 2. The number of ether oxygens (including phenoxy) is 3. The van der Waals surface area contributed by atoms with E-state index in [-0.39, 0.29) is 0 Å². The quantitative estimate of drug-likeness (QED) is 0.586. The van der Waals surface area contributed by atoms with Gasteiger partial charge in [-0.05, 0) is 48.9 Å². The summed E-state index contributed by atoms with van der Waals surface area (Å²) in [6, 6.07) is 20.4. The van der Waals surface area contributed by atoms with E-state index in [0.717, 1.165) is 10.8 Å². The molecule has 0 unspecified atom stereocenters. The van der Waals surface area contributed by atoms with Gasteiger partial charge in [-0.3, -0.25) is 20.4 Å². The van der Waals surface area contributed by atoms with Crippen LogP contribution < -0.4 is 25.1 Å². The third kappa shape index (κ3) is 5.20. The highest BCUT2D eigenvalue weighted by Gasteiger charge is 2.20. The lowest BCUT2D eigenvalue weighted by atomic mass is 10.1. The zero-order valence-corrected chi connectivity index (χ0v) is 17.0. The van der Waals surface area contributed by atoms with Crippen LogP contribution in [0.15, 0.2) is 66.7 Å². The summed E-state index contributed by atoms with van der Waals surface area (Å²) >= 11 is 0. The van der Waals surface area contributed by atoms with Crippen molar-refractivity contribution in [2.45, 2.75) is 26.1 Å². The SMILES string of the molecule is COc1ccccc1O[C@H](C)C(=O)NNC(=O)[C@H](C)Oc1ccc2ccccc2c1. The third-order valence-corrected chi connectivity index (χ3v) is 4.45. The van der Waals surface area contributed by atoms with Crippen molar-refractivity contribution in [2.24, 2.45) is 0 Å². The largest absolute Gasteiger partial charge is 0.493 e. The Bertz CT molecular complexity index is 1040. The average Bonchev–Trinajstić information content (AvgIpc) is 2.77. The van der Waals surface area contributed by atoms with Gasteiger partial charge in [-0.15, -0.1) is 0 Å². The van der Waals surface area contributed by atoms with Crippen LogP contribution in [-0.2, 0) is 9.59 Å². The predicted octanol–water partition coefficient (Wildman–Crippen LogP) is 3.23. The second-order valence-electron chi connectivity index (χ2n) is 6.66. The van der Waals surface area contributed by atoms with Crippen molar-refractivity contribution in [3.05, 3.63) is 66.7 Å². The molecule has 0 aliphatic carbocycles. The van der Waals surface area contributed by atoms with Crippen molar-refractivity contribution < 1.29 is 23.8 Å². The molecule has 3 aromatic carbocycles. The minimum atomic E-state index is -0.849. The van der Waals surface area contributed by atoms with E-state index < -0.39 is 24.0 Å². The molecule has 0 saturated carbocycles. The Morgan fingerprint density at radius 1 is 0.733 bits per heavy atom. The summed E-state index contributed by atoms with van der Waals surface area (Å²) in [5, 5.41) is 2.09. The monoisotopic (exact) mass is 408 g/mol. The molecule has 7 nitrogen and oxygen atoms in total. The molecule has 156 valence electrons. The number of methoxy groups -OCH3 is 1. The van der Waals surface area contributed by atoms with Crippen LogP contribution in [0.5, 0.6) is 17.2 Å². The van der Waals surface area contributed by atoms with Gasteiger partial charge in [0.1, 0.15) is 5.75 Å².